The standard InChI is InChI=1S/C20H21Cl3N2O3S/c1-13-17(22)5-2-6-19(13)24-20(26)14-4-3-9-25(11-14)29(27,28)12-15-7-8-16(21)10-18(15)23/h2,5-8,10,14H,3-4,9,11-12H2,1H3,(H,24,26). The van der Waals surface area contributed by atoms with Crippen LogP contribution in [0.3, 0.4) is 0 Å². The summed E-state index contributed by atoms with van der Waals surface area (Å²) in [6.45, 7) is 2.35. The number of nitrogens with zero attached hydrogens (tertiary/aromatic N) is 1. The molecule has 1 atom stereocenters. The second-order valence-electron chi connectivity index (χ2n) is 7.09. The molecule has 2 aromatic rings. The van der Waals surface area contributed by atoms with Gasteiger partial charge in [0.25, 0.3) is 0 Å². The maximum atomic E-state index is 12.9. The minimum absolute atomic E-state index is 0.138. The van der Waals surface area contributed by atoms with Crippen LogP contribution in [0, 0.1) is 12.8 Å². The van der Waals surface area contributed by atoms with Gasteiger partial charge in [-0.25, -0.2) is 12.7 Å². The van der Waals surface area contributed by atoms with Crippen LogP contribution >= 0.6 is 34.8 Å². The summed E-state index contributed by atoms with van der Waals surface area (Å²) in [5.41, 5.74) is 1.90. The Morgan fingerprint density at radius 2 is 1.93 bits per heavy atom. The van der Waals surface area contributed by atoms with Crippen molar-refractivity contribution in [2.45, 2.75) is 25.5 Å². The van der Waals surface area contributed by atoms with Crippen molar-refractivity contribution in [1.29, 1.82) is 0 Å². The fourth-order valence-electron chi connectivity index (χ4n) is 3.31. The first-order valence-electron chi connectivity index (χ1n) is 9.15. The molecule has 1 N–H and O–H groups in total. The number of halogens is 3. The van der Waals surface area contributed by atoms with Gasteiger partial charge in [-0.1, -0.05) is 46.9 Å². The van der Waals surface area contributed by atoms with Crippen LogP contribution in [0.4, 0.5) is 5.69 Å². The summed E-state index contributed by atoms with van der Waals surface area (Å²) < 4.78 is 27.2. The Morgan fingerprint density at radius 1 is 1.17 bits per heavy atom. The number of carbonyl (C=O) groups is 1. The Bertz CT molecular complexity index is 1030. The van der Waals surface area contributed by atoms with Crippen molar-refractivity contribution in [2.24, 2.45) is 5.92 Å². The fourth-order valence-corrected chi connectivity index (χ4v) is 5.68. The van der Waals surface area contributed by atoms with E-state index in [2.05, 4.69) is 5.32 Å². The third-order valence-electron chi connectivity index (χ3n) is 5.03. The number of nitrogens with one attached hydrogen (secondary N) is 1. The van der Waals surface area contributed by atoms with Gasteiger partial charge in [0, 0.05) is 33.8 Å². The average molecular weight is 476 g/mol. The second kappa shape index (κ2) is 9.23. The van der Waals surface area contributed by atoms with Crippen LogP contribution in [0.15, 0.2) is 36.4 Å². The molecule has 9 heteroatoms. The van der Waals surface area contributed by atoms with Gasteiger partial charge >= 0.3 is 0 Å². The Hall–Kier alpha value is -1.31. The molecule has 29 heavy (non-hydrogen) atoms. The second-order valence-corrected chi connectivity index (χ2v) is 10.3. The Kier molecular flexibility index (Phi) is 7.12. The normalized spacial score (nSPS) is 17.9. The molecule has 0 aromatic heterocycles. The van der Waals surface area contributed by atoms with Gasteiger partial charge in [0.15, 0.2) is 0 Å². The lowest BCUT2D eigenvalue weighted by molar-refractivity contribution is -0.120. The fraction of sp³-hybridized carbons (Fsp3) is 0.350. The summed E-state index contributed by atoms with van der Waals surface area (Å²) in [7, 11) is -3.62. The molecular formula is C20H21Cl3N2O3S. The number of hydrogen-bond acceptors (Lipinski definition) is 3. The van der Waals surface area contributed by atoms with E-state index in [1.165, 1.54) is 10.4 Å². The molecule has 0 spiro atoms. The first-order chi connectivity index (χ1) is 13.7. The van der Waals surface area contributed by atoms with Gasteiger partial charge in [-0.15, -0.1) is 0 Å². The topological polar surface area (TPSA) is 66.5 Å². The van der Waals surface area contributed by atoms with Crippen LogP contribution in [-0.4, -0.2) is 31.7 Å². The zero-order valence-corrected chi connectivity index (χ0v) is 18.9. The molecule has 1 amide bonds. The van der Waals surface area contributed by atoms with Crippen LogP contribution in [0.25, 0.3) is 0 Å². The molecule has 1 fully saturated rings. The van der Waals surface area contributed by atoms with E-state index < -0.39 is 15.9 Å². The Morgan fingerprint density at radius 3 is 2.66 bits per heavy atom. The zero-order chi connectivity index (χ0) is 21.2. The number of amides is 1. The maximum absolute atomic E-state index is 12.9. The molecule has 2 aromatic carbocycles. The molecule has 0 aliphatic carbocycles. The number of anilines is 1. The van der Waals surface area contributed by atoms with Crippen molar-refractivity contribution in [3.8, 4) is 0 Å². The van der Waals surface area contributed by atoms with E-state index in [1.54, 1.807) is 30.3 Å². The van der Waals surface area contributed by atoms with E-state index in [-0.39, 0.29) is 18.2 Å². The quantitative estimate of drug-likeness (QED) is 0.651. The molecule has 156 valence electrons. The third kappa shape index (κ3) is 5.44. The van der Waals surface area contributed by atoms with Crippen LogP contribution < -0.4 is 5.32 Å². The monoisotopic (exact) mass is 474 g/mol. The van der Waals surface area contributed by atoms with Gasteiger partial charge in [0.2, 0.25) is 15.9 Å². The molecule has 3 rings (SSSR count). The van der Waals surface area contributed by atoms with Gasteiger partial charge < -0.3 is 5.32 Å². The molecule has 0 radical (unpaired) electrons. The number of benzene rings is 2. The maximum Gasteiger partial charge on any atom is 0.228 e. The average Bonchev–Trinajstić information content (AvgIpc) is 2.68. The highest BCUT2D eigenvalue weighted by atomic mass is 35.5. The molecule has 1 unspecified atom stereocenters. The number of piperidine rings is 1. The summed E-state index contributed by atoms with van der Waals surface area (Å²) in [6.07, 6.45) is 1.24. The summed E-state index contributed by atoms with van der Waals surface area (Å²) in [6, 6.07) is 10.0. The van der Waals surface area contributed by atoms with Gasteiger partial charge in [-0.3, -0.25) is 4.79 Å². The van der Waals surface area contributed by atoms with Gasteiger partial charge in [0.05, 0.1) is 11.7 Å². The molecule has 0 saturated carbocycles. The van der Waals surface area contributed by atoms with Gasteiger partial charge in [0.1, 0.15) is 0 Å². The molecule has 1 aliphatic heterocycles. The SMILES string of the molecule is Cc1c(Cl)cccc1NC(=O)C1CCCN(S(=O)(=O)Cc2ccc(Cl)cc2Cl)C1. The van der Waals surface area contributed by atoms with Crippen molar-refractivity contribution in [3.05, 3.63) is 62.6 Å². The minimum Gasteiger partial charge on any atom is -0.326 e. The molecule has 5 nitrogen and oxygen atoms in total. The number of carbonyl (C=O) groups excluding carboxylic acids is 1. The predicted molar refractivity (Wildman–Crippen MR) is 118 cm³/mol. The van der Waals surface area contributed by atoms with Crippen LogP contribution in [0.5, 0.6) is 0 Å². The van der Waals surface area contributed by atoms with Crippen LogP contribution in [0.2, 0.25) is 15.1 Å². The van der Waals surface area contributed by atoms with Crippen molar-refractivity contribution in [3.63, 3.8) is 0 Å². The lowest BCUT2D eigenvalue weighted by atomic mass is 9.98. The van der Waals surface area contributed by atoms with E-state index in [0.717, 1.165) is 5.56 Å². The zero-order valence-electron chi connectivity index (χ0n) is 15.8. The molecule has 0 bridgehead atoms. The van der Waals surface area contributed by atoms with E-state index in [4.69, 9.17) is 34.8 Å². The summed E-state index contributed by atoms with van der Waals surface area (Å²) in [5.74, 6) is -0.873. The highest BCUT2D eigenvalue weighted by Gasteiger charge is 2.33. The first-order valence-corrected chi connectivity index (χ1v) is 11.9. The smallest absolute Gasteiger partial charge is 0.228 e. The van der Waals surface area contributed by atoms with E-state index >= 15 is 0 Å². The van der Waals surface area contributed by atoms with E-state index in [1.807, 2.05) is 6.92 Å². The van der Waals surface area contributed by atoms with Crippen LogP contribution in [0.1, 0.15) is 24.0 Å². The Balaban J connectivity index is 1.70. The molecular weight excluding hydrogens is 455 g/mol. The van der Waals surface area contributed by atoms with Crippen molar-refractivity contribution < 1.29 is 13.2 Å². The third-order valence-corrected chi connectivity index (χ3v) is 7.82. The molecule has 1 saturated heterocycles. The molecule has 1 aliphatic rings. The highest BCUT2D eigenvalue weighted by Crippen LogP contribution is 2.28. The summed E-state index contributed by atoms with van der Waals surface area (Å²) >= 11 is 18.1. The van der Waals surface area contributed by atoms with Crippen molar-refractivity contribution in [2.75, 3.05) is 18.4 Å². The van der Waals surface area contributed by atoms with Gasteiger partial charge in [-0.05, 0) is 55.2 Å². The lowest BCUT2D eigenvalue weighted by Gasteiger charge is -2.31. The first kappa shape index (κ1) is 22.4. The van der Waals surface area contributed by atoms with Crippen molar-refractivity contribution >= 4 is 56.4 Å². The largest absolute Gasteiger partial charge is 0.326 e. The number of hydrogen-bond donors (Lipinski definition) is 1. The van der Waals surface area contributed by atoms with E-state index in [0.29, 0.717) is 45.7 Å². The number of sulfonamides is 1. The van der Waals surface area contributed by atoms with E-state index in [9.17, 15) is 13.2 Å². The minimum atomic E-state index is -3.62. The highest BCUT2D eigenvalue weighted by molar-refractivity contribution is 7.88. The summed E-state index contributed by atoms with van der Waals surface area (Å²) in [5, 5.41) is 4.20. The van der Waals surface area contributed by atoms with Crippen LogP contribution in [-0.2, 0) is 20.6 Å². The van der Waals surface area contributed by atoms with Crippen molar-refractivity contribution in [1.82, 2.24) is 4.31 Å². The van der Waals surface area contributed by atoms with Gasteiger partial charge in [-0.2, -0.15) is 0 Å². The molecule has 1 heterocycles. The summed E-state index contributed by atoms with van der Waals surface area (Å²) in [4.78, 5) is 12.7. The number of rotatable bonds is 5. The lowest BCUT2D eigenvalue weighted by Crippen LogP contribution is -2.44. The predicted octanol–water partition coefficient (Wildman–Crippen LogP) is 5.14. The Labute approximate surface area is 186 Å².